The molecule has 1 rings (SSSR count). The fourth-order valence-electron chi connectivity index (χ4n) is 1.57. The van der Waals surface area contributed by atoms with Gasteiger partial charge in [-0.1, -0.05) is 13.0 Å². The Bertz CT molecular complexity index is 403. The highest BCUT2D eigenvalue weighted by Crippen LogP contribution is 2.29. The van der Waals surface area contributed by atoms with Crippen molar-refractivity contribution < 1.29 is 14.6 Å². The Kier molecular flexibility index (Phi) is 5.52. The van der Waals surface area contributed by atoms with Crippen LogP contribution in [0.5, 0.6) is 0 Å². The van der Waals surface area contributed by atoms with Gasteiger partial charge in [-0.3, -0.25) is 0 Å². The lowest BCUT2D eigenvalue weighted by Gasteiger charge is -2.31. The minimum absolute atomic E-state index is 0.226. The highest BCUT2D eigenvalue weighted by atomic mass is 79.9. The van der Waals surface area contributed by atoms with Gasteiger partial charge in [-0.25, -0.2) is 4.39 Å². The predicted molar refractivity (Wildman–Crippen MR) is 72.8 cm³/mol. The Morgan fingerprint density at radius 3 is 2.44 bits per heavy atom. The van der Waals surface area contributed by atoms with Crippen LogP contribution in [0.4, 0.5) is 10.1 Å². The summed E-state index contributed by atoms with van der Waals surface area (Å²) in [4.78, 5) is 0. The van der Waals surface area contributed by atoms with Gasteiger partial charge in [0.1, 0.15) is 0 Å². The summed E-state index contributed by atoms with van der Waals surface area (Å²) >= 11 is 3.14. The smallest absolute Gasteiger partial charge is 0.160 e. The van der Waals surface area contributed by atoms with E-state index in [-0.39, 0.29) is 25.4 Å². The van der Waals surface area contributed by atoms with Gasteiger partial charge in [-0.2, -0.15) is 0 Å². The summed E-state index contributed by atoms with van der Waals surface area (Å²) in [6, 6.07) is 3.25. The molecule has 0 aliphatic heterocycles. The summed E-state index contributed by atoms with van der Waals surface area (Å²) in [6.45, 7) is 1.47. The van der Waals surface area contributed by atoms with Crippen LogP contribution in [-0.2, 0) is 6.54 Å². The summed E-state index contributed by atoms with van der Waals surface area (Å²) in [5.74, 6) is -0.474. The Balaban J connectivity index is 3.08. The number of anilines is 1. The zero-order valence-electron chi connectivity index (χ0n) is 10.2. The lowest BCUT2D eigenvalue weighted by molar-refractivity contribution is 0.132. The molecule has 0 aliphatic carbocycles. The Morgan fingerprint density at radius 2 is 2.00 bits per heavy atom. The van der Waals surface area contributed by atoms with E-state index in [4.69, 9.17) is 5.73 Å². The maximum absolute atomic E-state index is 14.1. The molecule has 0 radical (unpaired) electrons. The van der Waals surface area contributed by atoms with E-state index in [1.165, 1.54) is 0 Å². The molecular formula is C12H18BrFN2O2. The number of nitrogens with one attached hydrogen (secondary N) is 1. The van der Waals surface area contributed by atoms with Crippen LogP contribution in [0.1, 0.15) is 18.9 Å². The number of aliphatic hydroxyl groups excluding tert-OH is 2. The van der Waals surface area contributed by atoms with E-state index >= 15 is 0 Å². The largest absolute Gasteiger partial charge is 0.394 e. The third-order valence-electron chi connectivity index (χ3n) is 3.06. The van der Waals surface area contributed by atoms with Gasteiger partial charge in [-0.05, 0) is 34.0 Å². The van der Waals surface area contributed by atoms with Gasteiger partial charge in [0, 0.05) is 6.54 Å². The van der Waals surface area contributed by atoms with Crippen LogP contribution in [0.2, 0.25) is 0 Å². The van der Waals surface area contributed by atoms with Crippen LogP contribution in [0.15, 0.2) is 16.6 Å². The molecule has 102 valence electrons. The first-order valence-corrected chi connectivity index (χ1v) is 6.49. The molecule has 0 saturated heterocycles. The molecule has 0 amide bonds. The van der Waals surface area contributed by atoms with Gasteiger partial charge in [0.2, 0.25) is 0 Å². The van der Waals surface area contributed by atoms with Crippen LogP contribution in [0.3, 0.4) is 0 Å². The molecule has 0 heterocycles. The molecule has 0 unspecified atom stereocenters. The molecule has 1 aromatic rings. The van der Waals surface area contributed by atoms with Crippen molar-refractivity contribution in [2.24, 2.45) is 5.73 Å². The van der Waals surface area contributed by atoms with Crippen LogP contribution in [-0.4, -0.2) is 29.0 Å². The molecule has 18 heavy (non-hydrogen) atoms. The van der Waals surface area contributed by atoms with Crippen molar-refractivity contribution in [3.05, 3.63) is 28.0 Å². The van der Waals surface area contributed by atoms with E-state index in [1.807, 2.05) is 0 Å². The third kappa shape index (κ3) is 3.00. The van der Waals surface area contributed by atoms with Crippen molar-refractivity contribution in [3.63, 3.8) is 0 Å². The average molecular weight is 321 g/mol. The first-order chi connectivity index (χ1) is 8.53. The average Bonchev–Trinajstić information content (AvgIpc) is 2.41. The van der Waals surface area contributed by atoms with Gasteiger partial charge >= 0.3 is 0 Å². The number of nitrogens with two attached hydrogens (primary N) is 1. The van der Waals surface area contributed by atoms with Crippen molar-refractivity contribution >= 4 is 21.6 Å². The summed E-state index contributed by atoms with van der Waals surface area (Å²) in [5.41, 5.74) is 5.44. The van der Waals surface area contributed by atoms with Crippen molar-refractivity contribution in [3.8, 4) is 0 Å². The minimum atomic E-state index is -0.926. The first-order valence-electron chi connectivity index (χ1n) is 5.70. The summed E-state index contributed by atoms with van der Waals surface area (Å²) in [5, 5.41) is 21.5. The van der Waals surface area contributed by atoms with Crippen molar-refractivity contribution in [1.29, 1.82) is 0 Å². The maximum atomic E-state index is 14.1. The molecule has 0 spiro atoms. The number of aliphatic hydroxyl groups is 2. The zero-order valence-corrected chi connectivity index (χ0v) is 11.8. The van der Waals surface area contributed by atoms with Gasteiger partial charge in [-0.15, -0.1) is 0 Å². The van der Waals surface area contributed by atoms with E-state index in [0.717, 1.165) is 0 Å². The Morgan fingerprint density at radius 1 is 1.39 bits per heavy atom. The van der Waals surface area contributed by atoms with Crippen molar-refractivity contribution in [1.82, 2.24) is 0 Å². The molecule has 0 bridgehead atoms. The Labute approximate surface area is 114 Å². The number of halogens is 2. The van der Waals surface area contributed by atoms with E-state index in [1.54, 1.807) is 19.1 Å². The zero-order chi connectivity index (χ0) is 13.8. The molecule has 1 aromatic carbocycles. The summed E-state index contributed by atoms with van der Waals surface area (Å²) < 4.78 is 14.4. The number of rotatable bonds is 6. The second kappa shape index (κ2) is 6.47. The SMILES string of the molecule is CCC(CO)(CO)Nc1ccc(CN)c(Br)c1F. The second-order valence-corrected chi connectivity index (χ2v) is 4.97. The number of hydrogen-bond acceptors (Lipinski definition) is 4. The van der Waals surface area contributed by atoms with Gasteiger partial charge in [0.15, 0.2) is 5.82 Å². The minimum Gasteiger partial charge on any atom is -0.394 e. The third-order valence-corrected chi connectivity index (χ3v) is 3.92. The lowest BCUT2D eigenvalue weighted by Crippen LogP contribution is -2.45. The molecule has 6 heteroatoms. The molecule has 0 aromatic heterocycles. The van der Waals surface area contributed by atoms with E-state index in [9.17, 15) is 14.6 Å². The summed E-state index contributed by atoms with van der Waals surface area (Å²) in [6.07, 6.45) is 0.468. The molecule has 0 aliphatic rings. The monoisotopic (exact) mass is 320 g/mol. The molecule has 0 fully saturated rings. The van der Waals surface area contributed by atoms with E-state index in [0.29, 0.717) is 16.5 Å². The van der Waals surface area contributed by atoms with Crippen LogP contribution in [0, 0.1) is 5.82 Å². The second-order valence-electron chi connectivity index (χ2n) is 4.18. The van der Waals surface area contributed by atoms with E-state index in [2.05, 4.69) is 21.2 Å². The maximum Gasteiger partial charge on any atom is 0.160 e. The fraction of sp³-hybridized carbons (Fsp3) is 0.500. The standard InChI is InChI=1S/C12H18BrFN2O2/c1-2-12(6-17,7-18)16-9-4-3-8(5-15)10(13)11(9)14/h3-4,16-18H,2,5-7,15H2,1H3. The number of hydrogen-bond donors (Lipinski definition) is 4. The lowest BCUT2D eigenvalue weighted by atomic mass is 9.97. The molecule has 4 nitrogen and oxygen atoms in total. The predicted octanol–water partition coefficient (Wildman–Crippen LogP) is 1.59. The quantitative estimate of drug-likeness (QED) is 0.642. The fourth-order valence-corrected chi connectivity index (χ4v) is 2.08. The first kappa shape index (κ1) is 15.4. The van der Waals surface area contributed by atoms with E-state index < -0.39 is 11.4 Å². The van der Waals surface area contributed by atoms with Gasteiger partial charge in [0.25, 0.3) is 0 Å². The molecule has 5 N–H and O–H groups in total. The van der Waals surface area contributed by atoms with Crippen molar-refractivity contribution in [2.45, 2.75) is 25.4 Å². The topological polar surface area (TPSA) is 78.5 Å². The number of benzene rings is 1. The molecule has 0 atom stereocenters. The molecule has 0 saturated carbocycles. The summed E-state index contributed by atoms with van der Waals surface area (Å²) in [7, 11) is 0. The van der Waals surface area contributed by atoms with Gasteiger partial charge in [0.05, 0.1) is 28.9 Å². The van der Waals surface area contributed by atoms with Crippen molar-refractivity contribution in [2.75, 3.05) is 18.5 Å². The molecular weight excluding hydrogens is 303 g/mol. The van der Waals surface area contributed by atoms with Crippen LogP contribution >= 0.6 is 15.9 Å². The normalized spacial score (nSPS) is 11.7. The van der Waals surface area contributed by atoms with Crippen LogP contribution < -0.4 is 11.1 Å². The highest BCUT2D eigenvalue weighted by Gasteiger charge is 2.27. The highest BCUT2D eigenvalue weighted by molar-refractivity contribution is 9.10. The Hall–Kier alpha value is -0.690. The van der Waals surface area contributed by atoms with Crippen LogP contribution in [0.25, 0.3) is 0 Å². The van der Waals surface area contributed by atoms with Gasteiger partial charge < -0.3 is 21.3 Å².